The van der Waals surface area contributed by atoms with Crippen LogP contribution in [-0.4, -0.2) is 48.5 Å². The van der Waals surface area contributed by atoms with Crippen molar-refractivity contribution >= 4 is 23.6 Å². The minimum atomic E-state index is -0.136. The molecule has 0 aromatic carbocycles. The maximum absolute atomic E-state index is 11.8. The van der Waals surface area contributed by atoms with Gasteiger partial charge in [-0.3, -0.25) is 9.59 Å². The van der Waals surface area contributed by atoms with E-state index in [0.717, 1.165) is 31.7 Å². The largest absolute Gasteiger partial charge is 0.469 e. The molecule has 0 radical (unpaired) electrons. The van der Waals surface area contributed by atoms with Crippen LogP contribution in [0.2, 0.25) is 0 Å². The fourth-order valence-corrected chi connectivity index (χ4v) is 3.23. The molecule has 18 heavy (non-hydrogen) atoms. The van der Waals surface area contributed by atoms with Gasteiger partial charge in [-0.05, 0) is 37.9 Å². The van der Waals surface area contributed by atoms with Crippen LogP contribution in [0.1, 0.15) is 33.1 Å². The lowest BCUT2D eigenvalue weighted by atomic mass is 10.1. The summed E-state index contributed by atoms with van der Waals surface area (Å²) in [4.78, 5) is 24.9. The van der Waals surface area contributed by atoms with Gasteiger partial charge in [-0.2, -0.15) is 11.8 Å². The molecular formula is C13H23NO3S. The number of carbonyl (C=O) groups excluding carboxylic acids is 2. The van der Waals surface area contributed by atoms with Gasteiger partial charge in [0, 0.05) is 13.1 Å². The Balaban J connectivity index is 2.25. The first-order valence-electron chi connectivity index (χ1n) is 6.49. The molecule has 0 bridgehead atoms. The van der Waals surface area contributed by atoms with Gasteiger partial charge in [0.05, 0.1) is 19.3 Å². The van der Waals surface area contributed by atoms with Gasteiger partial charge in [-0.25, -0.2) is 0 Å². The normalized spacial score (nSPS) is 16.2. The van der Waals surface area contributed by atoms with E-state index in [2.05, 4.69) is 0 Å². The molecule has 0 unspecified atom stereocenters. The van der Waals surface area contributed by atoms with Gasteiger partial charge in [-0.15, -0.1) is 0 Å². The van der Waals surface area contributed by atoms with Crippen LogP contribution in [0.3, 0.4) is 0 Å². The second kappa shape index (κ2) is 7.02. The summed E-state index contributed by atoms with van der Waals surface area (Å²) < 4.78 is 4.70. The third kappa shape index (κ3) is 4.52. The summed E-state index contributed by atoms with van der Waals surface area (Å²) in [5.74, 6) is 1.46. The van der Waals surface area contributed by atoms with Gasteiger partial charge >= 0.3 is 5.97 Å². The number of thioether (sulfide) groups is 1. The van der Waals surface area contributed by atoms with Crippen LogP contribution in [-0.2, 0) is 14.3 Å². The molecule has 0 spiro atoms. The number of rotatable bonds is 8. The maximum atomic E-state index is 11.8. The van der Waals surface area contributed by atoms with Crippen LogP contribution in [0, 0.1) is 5.41 Å². The molecule has 1 amide bonds. The fraction of sp³-hybridized carbons (Fsp3) is 0.846. The smallest absolute Gasteiger partial charge is 0.306 e. The summed E-state index contributed by atoms with van der Waals surface area (Å²) in [6.07, 6.45) is 2.65. The topological polar surface area (TPSA) is 46.6 Å². The third-order valence-electron chi connectivity index (χ3n) is 3.45. The molecule has 4 nitrogen and oxygen atoms in total. The van der Waals surface area contributed by atoms with E-state index in [4.69, 9.17) is 4.74 Å². The highest BCUT2D eigenvalue weighted by Gasteiger charge is 2.44. The minimum Gasteiger partial charge on any atom is -0.469 e. The van der Waals surface area contributed by atoms with Crippen LogP contribution < -0.4 is 0 Å². The number of nitrogens with zero attached hydrogens (tertiary/aromatic N) is 1. The first kappa shape index (κ1) is 15.3. The first-order chi connectivity index (χ1) is 8.56. The highest BCUT2D eigenvalue weighted by Crippen LogP contribution is 2.51. The Hall–Kier alpha value is -0.710. The Kier molecular flexibility index (Phi) is 5.99. The van der Waals surface area contributed by atoms with Crippen molar-refractivity contribution in [1.82, 2.24) is 4.90 Å². The Bertz CT molecular complexity index is 299. The van der Waals surface area contributed by atoms with Gasteiger partial charge in [0.15, 0.2) is 0 Å². The van der Waals surface area contributed by atoms with Crippen molar-refractivity contribution in [2.45, 2.75) is 33.1 Å². The predicted octanol–water partition coefficient (Wildman–Crippen LogP) is 1.93. The van der Waals surface area contributed by atoms with Crippen molar-refractivity contribution in [3.8, 4) is 0 Å². The average Bonchev–Trinajstić information content (AvgIpc) is 3.10. The van der Waals surface area contributed by atoms with Crippen LogP contribution in [0.4, 0.5) is 0 Å². The van der Waals surface area contributed by atoms with Gasteiger partial charge < -0.3 is 9.64 Å². The van der Waals surface area contributed by atoms with Crippen LogP contribution in [0.5, 0.6) is 0 Å². The number of hydrogen-bond acceptors (Lipinski definition) is 4. The Morgan fingerprint density at radius 2 is 1.89 bits per heavy atom. The van der Waals surface area contributed by atoms with Gasteiger partial charge in [0.25, 0.3) is 0 Å². The lowest BCUT2D eigenvalue weighted by molar-refractivity contribution is -0.141. The van der Waals surface area contributed by atoms with Crippen LogP contribution in [0.25, 0.3) is 0 Å². The minimum absolute atomic E-state index is 0.112. The fourth-order valence-electron chi connectivity index (χ4n) is 1.95. The van der Waals surface area contributed by atoms with E-state index in [9.17, 15) is 9.59 Å². The zero-order valence-electron chi connectivity index (χ0n) is 11.5. The van der Waals surface area contributed by atoms with Crippen molar-refractivity contribution in [1.29, 1.82) is 0 Å². The van der Waals surface area contributed by atoms with Crippen molar-refractivity contribution in [2.75, 3.05) is 31.7 Å². The molecule has 1 fully saturated rings. The molecular weight excluding hydrogens is 250 g/mol. The van der Waals surface area contributed by atoms with E-state index in [1.807, 2.05) is 18.7 Å². The van der Waals surface area contributed by atoms with E-state index in [0.29, 0.717) is 12.2 Å². The predicted molar refractivity (Wildman–Crippen MR) is 73.6 cm³/mol. The van der Waals surface area contributed by atoms with Crippen molar-refractivity contribution in [2.24, 2.45) is 5.41 Å². The van der Waals surface area contributed by atoms with E-state index in [1.54, 1.807) is 11.8 Å². The summed E-state index contributed by atoms with van der Waals surface area (Å²) in [6.45, 7) is 5.52. The SMILES string of the molecule is CCN(CC)C(=O)CSCC1(CC(=O)OC)CC1. The molecule has 5 heteroatoms. The van der Waals surface area contributed by atoms with Gasteiger partial charge in [-0.1, -0.05) is 0 Å². The Morgan fingerprint density at radius 1 is 1.28 bits per heavy atom. The zero-order chi connectivity index (χ0) is 13.6. The molecule has 1 saturated carbocycles. The molecule has 1 aliphatic rings. The number of methoxy groups -OCH3 is 1. The maximum Gasteiger partial charge on any atom is 0.306 e. The van der Waals surface area contributed by atoms with E-state index in [-0.39, 0.29) is 17.3 Å². The molecule has 104 valence electrons. The molecule has 0 N–H and O–H groups in total. The van der Waals surface area contributed by atoms with Crippen molar-refractivity contribution in [3.63, 3.8) is 0 Å². The molecule has 1 aliphatic carbocycles. The van der Waals surface area contributed by atoms with E-state index < -0.39 is 0 Å². The van der Waals surface area contributed by atoms with Crippen molar-refractivity contribution < 1.29 is 14.3 Å². The molecule has 0 aromatic heterocycles. The number of amides is 1. The summed E-state index contributed by atoms with van der Waals surface area (Å²) in [5, 5.41) is 0. The summed E-state index contributed by atoms with van der Waals surface area (Å²) in [6, 6.07) is 0. The van der Waals surface area contributed by atoms with Crippen LogP contribution >= 0.6 is 11.8 Å². The number of esters is 1. The standard InChI is InChI=1S/C13H23NO3S/c1-4-14(5-2)11(15)9-18-10-13(6-7-13)8-12(16)17-3/h4-10H2,1-3H3. The lowest BCUT2D eigenvalue weighted by Crippen LogP contribution is -2.32. The zero-order valence-corrected chi connectivity index (χ0v) is 12.3. The molecule has 0 atom stereocenters. The molecule has 1 rings (SSSR count). The third-order valence-corrected chi connectivity index (χ3v) is 4.72. The average molecular weight is 273 g/mol. The highest BCUT2D eigenvalue weighted by molar-refractivity contribution is 7.99. The summed E-state index contributed by atoms with van der Waals surface area (Å²) in [7, 11) is 1.43. The summed E-state index contributed by atoms with van der Waals surface area (Å²) in [5.41, 5.74) is 0.112. The number of carbonyl (C=O) groups is 2. The first-order valence-corrected chi connectivity index (χ1v) is 7.64. The van der Waals surface area contributed by atoms with Crippen LogP contribution in [0.15, 0.2) is 0 Å². The Labute approximate surface area is 113 Å². The molecule has 0 saturated heterocycles. The molecule has 0 aliphatic heterocycles. The number of ether oxygens (including phenoxy) is 1. The van der Waals surface area contributed by atoms with Gasteiger partial charge in [0.2, 0.25) is 5.91 Å². The van der Waals surface area contributed by atoms with Gasteiger partial charge in [0.1, 0.15) is 0 Å². The monoisotopic (exact) mass is 273 g/mol. The van der Waals surface area contributed by atoms with Crippen molar-refractivity contribution in [3.05, 3.63) is 0 Å². The highest BCUT2D eigenvalue weighted by atomic mass is 32.2. The Morgan fingerprint density at radius 3 is 2.33 bits per heavy atom. The summed E-state index contributed by atoms with van der Waals surface area (Å²) >= 11 is 1.64. The molecule has 0 heterocycles. The second-order valence-electron chi connectivity index (χ2n) is 4.81. The van der Waals surface area contributed by atoms with E-state index in [1.165, 1.54) is 7.11 Å². The molecule has 0 aromatic rings. The second-order valence-corrected chi connectivity index (χ2v) is 5.80. The van der Waals surface area contributed by atoms with E-state index >= 15 is 0 Å². The number of hydrogen-bond donors (Lipinski definition) is 0. The quantitative estimate of drug-likeness (QED) is 0.634. The lowest BCUT2D eigenvalue weighted by Gasteiger charge is -2.19.